The molecule has 1 N–H and O–H groups in total. The Hall–Kier alpha value is -2.29. The van der Waals surface area contributed by atoms with Gasteiger partial charge in [-0.2, -0.15) is 10.4 Å². The molecule has 0 aromatic heterocycles. The van der Waals surface area contributed by atoms with Crippen LogP contribution in [0.2, 0.25) is 0 Å². The first-order valence-electron chi connectivity index (χ1n) is 10.3. The third-order valence-electron chi connectivity index (χ3n) is 4.76. The Labute approximate surface area is 168 Å². The lowest BCUT2D eigenvalue weighted by atomic mass is 10.0. The standard InChI is InChI=1S/C23H31N3O2/c24-20-21-14-16-23(17-15-21,26-25-22-12-8-7-9-13-22)28-19-11-6-4-2-1-3-5-10-18-27/h7-9,12-16,27H,1-6,10-11,17-19H2. The van der Waals surface area contributed by atoms with E-state index in [1.165, 1.54) is 25.7 Å². The highest BCUT2D eigenvalue weighted by Gasteiger charge is 2.29. The Morgan fingerprint density at radius 1 is 1.00 bits per heavy atom. The molecule has 0 spiro atoms. The summed E-state index contributed by atoms with van der Waals surface area (Å²) < 4.78 is 6.12. The van der Waals surface area contributed by atoms with Crippen molar-refractivity contribution >= 4 is 5.69 Å². The van der Waals surface area contributed by atoms with Crippen LogP contribution in [0, 0.1) is 11.3 Å². The lowest BCUT2D eigenvalue weighted by Crippen LogP contribution is -2.29. The number of benzene rings is 1. The minimum atomic E-state index is -0.819. The molecule has 1 unspecified atom stereocenters. The summed E-state index contributed by atoms with van der Waals surface area (Å²) in [6, 6.07) is 11.8. The van der Waals surface area contributed by atoms with Gasteiger partial charge in [0.2, 0.25) is 5.72 Å². The molecule has 0 saturated carbocycles. The Morgan fingerprint density at radius 2 is 1.68 bits per heavy atom. The summed E-state index contributed by atoms with van der Waals surface area (Å²) in [6.07, 6.45) is 15.0. The Bertz CT molecular complexity index is 692. The van der Waals surface area contributed by atoms with Crippen LogP contribution in [0.25, 0.3) is 0 Å². The van der Waals surface area contributed by atoms with Crippen molar-refractivity contribution in [2.75, 3.05) is 13.2 Å². The van der Waals surface area contributed by atoms with Gasteiger partial charge in [0.15, 0.2) is 0 Å². The molecule has 5 heteroatoms. The van der Waals surface area contributed by atoms with Gasteiger partial charge in [0.25, 0.3) is 0 Å². The summed E-state index contributed by atoms with van der Waals surface area (Å²) in [6.45, 7) is 0.929. The van der Waals surface area contributed by atoms with Crippen molar-refractivity contribution in [3.05, 3.63) is 54.1 Å². The number of nitriles is 1. The van der Waals surface area contributed by atoms with Crippen molar-refractivity contribution in [2.45, 2.75) is 63.5 Å². The zero-order chi connectivity index (χ0) is 19.9. The highest BCUT2D eigenvalue weighted by Crippen LogP contribution is 2.29. The summed E-state index contributed by atoms with van der Waals surface area (Å²) in [5, 5.41) is 26.6. The number of hydrogen-bond donors (Lipinski definition) is 1. The van der Waals surface area contributed by atoms with Crippen molar-refractivity contribution in [2.24, 2.45) is 10.2 Å². The monoisotopic (exact) mass is 381 g/mol. The van der Waals surface area contributed by atoms with E-state index in [1.807, 2.05) is 42.5 Å². The van der Waals surface area contributed by atoms with Crippen molar-refractivity contribution in [1.29, 1.82) is 5.26 Å². The van der Waals surface area contributed by atoms with Crippen LogP contribution in [0.3, 0.4) is 0 Å². The topological polar surface area (TPSA) is 78.0 Å². The minimum Gasteiger partial charge on any atom is -0.396 e. The lowest BCUT2D eigenvalue weighted by Gasteiger charge is -2.26. The van der Waals surface area contributed by atoms with Crippen LogP contribution in [0.5, 0.6) is 0 Å². The molecule has 0 saturated heterocycles. The quantitative estimate of drug-likeness (QED) is 0.336. The summed E-state index contributed by atoms with van der Waals surface area (Å²) in [7, 11) is 0. The van der Waals surface area contributed by atoms with Crippen LogP contribution >= 0.6 is 0 Å². The van der Waals surface area contributed by atoms with Crippen molar-refractivity contribution in [1.82, 2.24) is 0 Å². The van der Waals surface area contributed by atoms with E-state index >= 15 is 0 Å². The Kier molecular flexibility index (Phi) is 10.2. The molecule has 1 aromatic carbocycles. The number of aliphatic hydroxyl groups is 1. The van der Waals surface area contributed by atoms with Gasteiger partial charge in [-0.3, -0.25) is 0 Å². The minimum absolute atomic E-state index is 0.306. The first-order valence-corrected chi connectivity index (χ1v) is 10.3. The molecule has 5 nitrogen and oxygen atoms in total. The number of allylic oxidation sites excluding steroid dienone is 2. The zero-order valence-electron chi connectivity index (χ0n) is 16.6. The fraction of sp³-hybridized carbons (Fsp3) is 0.522. The van der Waals surface area contributed by atoms with E-state index in [0.717, 1.165) is 31.4 Å². The van der Waals surface area contributed by atoms with E-state index in [9.17, 15) is 0 Å². The highest BCUT2D eigenvalue weighted by molar-refractivity contribution is 5.38. The lowest BCUT2D eigenvalue weighted by molar-refractivity contribution is -0.00749. The van der Waals surface area contributed by atoms with E-state index < -0.39 is 5.72 Å². The van der Waals surface area contributed by atoms with Crippen LogP contribution in [0.15, 0.2) is 64.4 Å². The summed E-state index contributed by atoms with van der Waals surface area (Å²) in [5.74, 6) is 0. The maximum Gasteiger partial charge on any atom is 0.201 e. The second-order valence-electron chi connectivity index (χ2n) is 7.09. The zero-order valence-corrected chi connectivity index (χ0v) is 16.6. The van der Waals surface area contributed by atoms with E-state index in [4.69, 9.17) is 15.1 Å². The third-order valence-corrected chi connectivity index (χ3v) is 4.76. The number of unbranched alkanes of at least 4 members (excludes halogenated alkanes) is 7. The molecule has 0 heterocycles. The van der Waals surface area contributed by atoms with Crippen LogP contribution < -0.4 is 0 Å². The molecule has 1 aromatic rings. The molecule has 0 bridgehead atoms. The fourth-order valence-electron chi connectivity index (χ4n) is 3.07. The van der Waals surface area contributed by atoms with Crippen molar-refractivity contribution < 1.29 is 9.84 Å². The maximum absolute atomic E-state index is 9.06. The normalized spacial score (nSPS) is 18.9. The van der Waals surface area contributed by atoms with Crippen LogP contribution in [0.4, 0.5) is 5.69 Å². The predicted molar refractivity (Wildman–Crippen MR) is 111 cm³/mol. The molecule has 1 aliphatic rings. The largest absolute Gasteiger partial charge is 0.396 e. The molecular formula is C23H31N3O2. The average molecular weight is 382 g/mol. The summed E-state index contributed by atoms with van der Waals surface area (Å²) in [5.41, 5.74) is 0.603. The van der Waals surface area contributed by atoms with Gasteiger partial charge in [-0.05, 0) is 37.1 Å². The van der Waals surface area contributed by atoms with Gasteiger partial charge >= 0.3 is 0 Å². The number of rotatable bonds is 13. The molecule has 1 aliphatic carbocycles. The molecule has 0 amide bonds. The van der Waals surface area contributed by atoms with Gasteiger partial charge < -0.3 is 9.84 Å². The fourth-order valence-corrected chi connectivity index (χ4v) is 3.07. The Balaban J connectivity index is 1.77. The van der Waals surface area contributed by atoms with Gasteiger partial charge in [0.05, 0.1) is 11.8 Å². The smallest absolute Gasteiger partial charge is 0.201 e. The molecule has 0 fully saturated rings. The number of ether oxygens (including phenoxy) is 1. The predicted octanol–water partition coefficient (Wildman–Crippen LogP) is 6.01. The molecule has 150 valence electrons. The highest BCUT2D eigenvalue weighted by atomic mass is 16.5. The average Bonchev–Trinajstić information content (AvgIpc) is 2.75. The Morgan fingerprint density at radius 3 is 2.29 bits per heavy atom. The van der Waals surface area contributed by atoms with E-state index in [1.54, 1.807) is 6.08 Å². The van der Waals surface area contributed by atoms with E-state index in [-0.39, 0.29) is 0 Å². The second-order valence-corrected chi connectivity index (χ2v) is 7.09. The number of hydrogen-bond acceptors (Lipinski definition) is 5. The summed E-state index contributed by atoms with van der Waals surface area (Å²) in [4.78, 5) is 0. The molecular weight excluding hydrogens is 350 g/mol. The van der Waals surface area contributed by atoms with E-state index in [0.29, 0.717) is 25.2 Å². The van der Waals surface area contributed by atoms with Crippen LogP contribution in [0.1, 0.15) is 57.8 Å². The van der Waals surface area contributed by atoms with E-state index in [2.05, 4.69) is 16.3 Å². The van der Waals surface area contributed by atoms with Crippen molar-refractivity contribution in [3.63, 3.8) is 0 Å². The van der Waals surface area contributed by atoms with Gasteiger partial charge in [0, 0.05) is 25.2 Å². The second kappa shape index (κ2) is 13.0. The molecule has 0 aliphatic heterocycles. The molecule has 0 radical (unpaired) electrons. The van der Waals surface area contributed by atoms with Crippen molar-refractivity contribution in [3.8, 4) is 6.07 Å². The molecule has 28 heavy (non-hydrogen) atoms. The third kappa shape index (κ3) is 8.16. The number of aliphatic hydroxyl groups excluding tert-OH is 1. The number of nitrogens with zero attached hydrogens (tertiary/aromatic N) is 3. The molecule has 1 atom stereocenters. The van der Waals surface area contributed by atoms with Gasteiger partial charge in [-0.25, -0.2) is 0 Å². The first-order chi connectivity index (χ1) is 13.8. The first kappa shape index (κ1) is 22.0. The van der Waals surface area contributed by atoms with Crippen LogP contribution in [-0.2, 0) is 4.74 Å². The summed E-state index contributed by atoms with van der Waals surface area (Å²) >= 11 is 0. The SMILES string of the molecule is N#CC1=CCC(N=Nc2ccccc2)(OCCCCCCCCCCO)C=C1. The van der Waals surface area contributed by atoms with Gasteiger partial charge in [-0.1, -0.05) is 62.8 Å². The molecule has 2 rings (SSSR count). The maximum atomic E-state index is 9.06. The number of azo groups is 1. The van der Waals surface area contributed by atoms with Gasteiger partial charge in [-0.15, -0.1) is 5.11 Å². The van der Waals surface area contributed by atoms with Gasteiger partial charge in [0.1, 0.15) is 0 Å². The van der Waals surface area contributed by atoms with Crippen LogP contribution in [-0.4, -0.2) is 24.0 Å².